The number of hydrogen-bond donors (Lipinski definition) is 1. The normalized spacial score (nSPS) is 29.9. The molecule has 0 aromatic heterocycles. The summed E-state index contributed by atoms with van der Waals surface area (Å²) in [4.78, 5) is 5.84. The fourth-order valence-electron chi connectivity index (χ4n) is 2.32. The zero-order chi connectivity index (χ0) is 9.54. The quantitative estimate of drug-likeness (QED) is 0.714. The lowest BCUT2D eigenvalue weighted by atomic mass is 10.0. The van der Waals surface area contributed by atoms with E-state index in [-0.39, 0.29) is 6.73 Å². The van der Waals surface area contributed by atoms with Gasteiger partial charge in [0.2, 0.25) is 0 Å². The summed E-state index contributed by atoms with van der Waals surface area (Å²) in [5.41, 5.74) is 1.81. The van der Waals surface area contributed by atoms with Crippen molar-refractivity contribution in [1.82, 2.24) is 9.80 Å². The van der Waals surface area contributed by atoms with E-state index in [0.717, 1.165) is 0 Å². The van der Waals surface area contributed by atoms with Crippen molar-refractivity contribution in [1.29, 1.82) is 0 Å². The number of fused-ring (bicyclic) bond motifs is 2. The van der Waals surface area contributed by atoms with Gasteiger partial charge in [-0.15, -0.1) is 0 Å². The largest absolute Gasteiger partial charge is 0.376 e. The lowest BCUT2D eigenvalue weighted by Crippen LogP contribution is -2.32. The first kappa shape index (κ1) is 8.68. The van der Waals surface area contributed by atoms with E-state index in [1.807, 2.05) is 22.9 Å². The van der Waals surface area contributed by atoms with E-state index >= 15 is 0 Å². The Labute approximate surface area is 88.1 Å². The van der Waals surface area contributed by atoms with E-state index < -0.39 is 0 Å². The summed E-state index contributed by atoms with van der Waals surface area (Å²) in [6.45, 7) is 0.116. The molecular weight excluding hydrogens is 196 g/mol. The van der Waals surface area contributed by atoms with Gasteiger partial charge in [-0.1, -0.05) is 11.8 Å². The van der Waals surface area contributed by atoms with Crippen molar-refractivity contribution in [2.45, 2.75) is 31.2 Å². The Morgan fingerprint density at radius 3 is 3.07 bits per heavy atom. The average molecular weight is 210 g/mol. The average Bonchev–Trinajstić information content (AvgIpc) is 2.75. The van der Waals surface area contributed by atoms with E-state index in [1.54, 1.807) is 4.91 Å². The Morgan fingerprint density at radius 1 is 1.36 bits per heavy atom. The molecule has 14 heavy (non-hydrogen) atoms. The molecule has 3 rings (SSSR count). The highest BCUT2D eigenvalue weighted by Gasteiger charge is 2.37. The molecule has 0 spiro atoms. The van der Waals surface area contributed by atoms with Crippen LogP contribution in [0.25, 0.3) is 0 Å². The van der Waals surface area contributed by atoms with Gasteiger partial charge in [-0.25, -0.2) is 0 Å². The summed E-state index contributed by atoms with van der Waals surface area (Å²) >= 11 is 1.91. The maximum Gasteiger partial charge on any atom is 0.160 e. The number of hydrogen-bond acceptors (Lipinski definition) is 4. The van der Waals surface area contributed by atoms with Crippen LogP contribution >= 0.6 is 11.8 Å². The molecule has 76 valence electrons. The highest BCUT2D eigenvalue weighted by atomic mass is 32.2. The molecule has 1 N–H and O–H groups in total. The van der Waals surface area contributed by atoms with Crippen molar-refractivity contribution in [2.75, 3.05) is 6.73 Å². The minimum Gasteiger partial charge on any atom is -0.376 e. The van der Waals surface area contributed by atoms with E-state index in [1.165, 1.54) is 31.4 Å². The predicted octanol–water partition coefficient (Wildman–Crippen LogP) is 1.84. The molecule has 4 heteroatoms. The Morgan fingerprint density at radius 2 is 2.21 bits per heavy atom. The molecule has 0 saturated carbocycles. The topological polar surface area (TPSA) is 26.7 Å². The van der Waals surface area contributed by atoms with Gasteiger partial charge < -0.3 is 14.9 Å². The monoisotopic (exact) mass is 210 g/mol. The third-order valence-corrected chi connectivity index (χ3v) is 4.49. The maximum atomic E-state index is 9.16. The Kier molecular flexibility index (Phi) is 1.99. The van der Waals surface area contributed by atoms with Gasteiger partial charge in [0.15, 0.2) is 5.50 Å². The molecule has 3 nitrogen and oxygen atoms in total. The first-order valence-corrected chi connectivity index (χ1v) is 6.00. The molecule has 2 heterocycles. The minimum absolute atomic E-state index is 0.116. The minimum atomic E-state index is 0.116. The lowest BCUT2D eigenvalue weighted by molar-refractivity contribution is 0.122. The van der Waals surface area contributed by atoms with Gasteiger partial charge in [0.05, 0.1) is 0 Å². The van der Waals surface area contributed by atoms with Crippen LogP contribution in [0.1, 0.15) is 25.7 Å². The second kappa shape index (κ2) is 3.21. The van der Waals surface area contributed by atoms with E-state index in [0.29, 0.717) is 5.50 Å². The van der Waals surface area contributed by atoms with Gasteiger partial charge >= 0.3 is 0 Å². The van der Waals surface area contributed by atoms with Gasteiger partial charge in [-0.2, -0.15) is 0 Å². The van der Waals surface area contributed by atoms with Crippen molar-refractivity contribution >= 4 is 11.8 Å². The number of allylic oxidation sites excluding steroid dienone is 2. The maximum absolute atomic E-state index is 9.16. The fraction of sp³-hybridized carbons (Fsp3) is 0.600. The van der Waals surface area contributed by atoms with Gasteiger partial charge in [0, 0.05) is 23.0 Å². The second-order valence-corrected chi connectivity index (χ2v) is 5.03. The van der Waals surface area contributed by atoms with Crippen molar-refractivity contribution < 1.29 is 5.11 Å². The van der Waals surface area contributed by atoms with Gasteiger partial charge in [-0.05, 0) is 25.7 Å². The zero-order valence-electron chi connectivity index (χ0n) is 8.02. The van der Waals surface area contributed by atoms with Crippen LogP contribution in [-0.4, -0.2) is 27.1 Å². The SMILES string of the molecule is OCN1C=CN2C3=C(CCCC3)SC12. The fourth-order valence-corrected chi connectivity index (χ4v) is 3.76. The predicted molar refractivity (Wildman–Crippen MR) is 56.8 cm³/mol. The molecule has 0 amide bonds. The van der Waals surface area contributed by atoms with Crippen LogP contribution in [0.15, 0.2) is 23.0 Å². The molecule has 1 unspecified atom stereocenters. The molecule has 3 aliphatic rings. The van der Waals surface area contributed by atoms with E-state index in [4.69, 9.17) is 5.11 Å². The van der Waals surface area contributed by atoms with Gasteiger partial charge in [-0.3, -0.25) is 0 Å². The summed E-state index contributed by atoms with van der Waals surface area (Å²) in [6, 6.07) is 0. The van der Waals surface area contributed by atoms with Gasteiger partial charge in [0.1, 0.15) is 6.73 Å². The van der Waals surface area contributed by atoms with Crippen LogP contribution in [0, 0.1) is 0 Å². The molecule has 0 fully saturated rings. The summed E-state index contributed by atoms with van der Waals surface area (Å²) in [5.74, 6) is 0. The van der Waals surface area contributed by atoms with Crippen molar-refractivity contribution in [3.8, 4) is 0 Å². The Hall–Kier alpha value is -0.610. The molecular formula is C10H14N2OS. The summed E-state index contributed by atoms with van der Waals surface area (Å²) in [6.07, 6.45) is 9.17. The van der Waals surface area contributed by atoms with Crippen molar-refractivity contribution in [2.24, 2.45) is 0 Å². The standard InChI is InChI=1S/C10H14N2OS/c13-7-11-5-6-12-8-3-1-2-4-9(8)14-10(11)12/h5-6,10,13H,1-4,7H2. The molecule has 0 aromatic carbocycles. The van der Waals surface area contributed by atoms with Crippen LogP contribution in [0.4, 0.5) is 0 Å². The number of thioether (sulfide) groups is 1. The van der Waals surface area contributed by atoms with Crippen molar-refractivity contribution in [3.05, 3.63) is 23.0 Å². The Balaban J connectivity index is 1.87. The number of rotatable bonds is 1. The molecule has 0 aromatic rings. The number of aliphatic hydroxyl groups is 1. The summed E-state index contributed by atoms with van der Waals surface area (Å²) in [5, 5.41) is 9.16. The smallest absolute Gasteiger partial charge is 0.160 e. The molecule has 0 radical (unpaired) electrons. The molecule has 2 aliphatic heterocycles. The summed E-state index contributed by atoms with van der Waals surface area (Å²) < 4.78 is 0. The van der Waals surface area contributed by atoms with Crippen LogP contribution in [0.2, 0.25) is 0 Å². The zero-order valence-corrected chi connectivity index (χ0v) is 8.83. The summed E-state index contributed by atoms with van der Waals surface area (Å²) in [7, 11) is 0. The first-order chi connectivity index (χ1) is 6.90. The molecule has 0 saturated heterocycles. The van der Waals surface area contributed by atoms with Crippen LogP contribution in [0.3, 0.4) is 0 Å². The number of nitrogens with zero attached hydrogens (tertiary/aromatic N) is 2. The van der Waals surface area contributed by atoms with Crippen molar-refractivity contribution in [3.63, 3.8) is 0 Å². The highest BCUT2D eigenvalue weighted by Crippen LogP contribution is 2.48. The highest BCUT2D eigenvalue weighted by molar-refractivity contribution is 8.03. The van der Waals surface area contributed by atoms with E-state index in [9.17, 15) is 0 Å². The van der Waals surface area contributed by atoms with Gasteiger partial charge in [0.25, 0.3) is 0 Å². The molecule has 0 bridgehead atoms. The van der Waals surface area contributed by atoms with Crippen LogP contribution < -0.4 is 0 Å². The lowest BCUT2D eigenvalue weighted by Gasteiger charge is -2.25. The third kappa shape index (κ3) is 1.10. The van der Waals surface area contributed by atoms with E-state index in [2.05, 4.69) is 11.1 Å². The first-order valence-electron chi connectivity index (χ1n) is 5.12. The molecule has 1 aliphatic carbocycles. The molecule has 1 atom stereocenters. The number of aliphatic hydroxyl groups excluding tert-OH is 1. The Bertz CT molecular complexity index is 313. The third-order valence-electron chi connectivity index (χ3n) is 3.05. The van der Waals surface area contributed by atoms with Crippen LogP contribution in [-0.2, 0) is 0 Å². The second-order valence-electron chi connectivity index (χ2n) is 3.88. The van der Waals surface area contributed by atoms with Crippen LogP contribution in [0.5, 0.6) is 0 Å².